The van der Waals surface area contributed by atoms with E-state index in [-0.39, 0.29) is 29.7 Å². The van der Waals surface area contributed by atoms with Gasteiger partial charge in [0.2, 0.25) is 0 Å². The van der Waals surface area contributed by atoms with Crippen LogP contribution in [0.3, 0.4) is 0 Å². The third-order valence-electron chi connectivity index (χ3n) is 6.12. The highest BCUT2D eigenvalue weighted by Crippen LogP contribution is 2.41. The van der Waals surface area contributed by atoms with Crippen molar-refractivity contribution in [1.82, 2.24) is 4.90 Å². The molecule has 172 valence electrons. The number of rotatable bonds is 4. The highest BCUT2D eigenvalue weighted by molar-refractivity contribution is 6.04. The molecule has 2 N–H and O–H groups in total. The number of hydrogen-bond donors (Lipinski definition) is 2. The number of benzene rings is 2. The molecule has 0 aliphatic carbocycles. The molecular weight excluding hydrogens is 442 g/mol. The van der Waals surface area contributed by atoms with E-state index < -0.39 is 53.1 Å². The number of nitriles is 1. The Bertz CT molecular complexity index is 1150. The molecule has 2 aromatic rings. The molecule has 0 spiro atoms. The molecule has 0 aromatic heterocycles. The molecule has 0 radical (unpaired) electrons. The summed E-state index contributed by atoms with van der Waals surface area (Å²) < 4.78 is 58.2. The molecule has 2 amide bonds. The molecule has 2 aliphatic heterocycles. The van der Waals surface area contributed by atoms with Crippen LogP contribution >= 0.6 is 0 Å². The van der Waals surface area contributed by atoms with Crippen LogP contribution in [0.1, 0.15) is 47.2 Å². The minimum Gasteiger partial charge on any atom is -0.393 e. The quantitative estimate of drug-likeness (QED) is 0.680. The first-order chi connectivity index (χ1) is 15.6. The molecule has 2 fully saturated rings. The van der Waals surface area contributed by atoms with Gasteiger partial charge in [0, 0.05) is 23.3 Å². The summed E-state index contributed by atoms with van der Waals surface area (Å²) in [6, 6.07) is 5.99. The van der Waals surface area contributed by atoms with Gasteiger partial charge in [-0.25, -0.2) is 8.78 Å². The Morgan fingerprint density at radius 3 is 2.33 bits per heavy atom. The van der Waals surface area contributed by atoms with Gasteiger partial charge < -0.3 is 15.3 Å². The smallest absolute Gasteiger partial charge is 0.352 e. The topological polar surface area (TPSA) is 93.4 Å². The van der Waals surface area contributed by atoms with Gasteiger partial charge in [-0.3, -0.25) is 9.59 Å². The lowest BCUT2D eigenvalue weighted by Crippen LogP contribution is -2.53. The largest absolute Gasteiger partial charge is 0.393 e. The number of nitrogens with one attached hydrogen (secondary N) is 1. The van der Waals surface area contributed by atoms with Crippen molar-refractivity contribution in [3.05, 3.63) is 64.7 Å². The van der Waals surface area contributed by atoms with E-state index in [1.807, 2.05) is 0 Å². The Kier molecular flexibility index (Phi) is 5.84. The Hall–Kier alpha value is -3.45. The maximum absolute atomic E-state index is 15.2. The molecule has 2 aromatic carbocycles. The van der Waals surface area contributed by atoms with Gasteiger partial charge in [0.15, 0.2) is 0 Å². The van der Waals surface area contributed by atoms with Crippen molar-refractivity contribution >= 4 is 17.5 Å². The van der Waals surface area contributed by atoms with E-state index >= 15 is 8.78 Å². The standard InChI is InChI=1S/C23H19F4N3O3/c24-19-6-2-14(7-13(19)11-28)29-21(32)12-1-5-20(25)18(8-12)23(26,27)22(33)30-15-3-4-16(30)10-17(31)9-15/h1-2,5-8,15-17,31H,3-4,9-10H2,(H,29,32)/t15-,16?,17?/m1/s1. The van der Waals surface area contributed by atoms with Crippen molar-refractivity contribution in [2.24, 2.45) is 0 Å². The zero-order valence-electron chi connectivity index (χ0n) is 17.2. The molecule has 33 heavy (non-hydrogen) atoms. The second-order valence-electron chi connectivity index (χ2n) is 8.25. The number of carbonyl (C=O) groups is 2. The normalized spacial score (nSPS) is 22.1. The van der Waals surface area contributed by atoms with Crippen molar-refractivity contribution in [2.45, 2.75) is 49.8 Å². The summed E-state index contributed by atoms with van der Waals surface area (Å²) in [5, 5.41) is 21.1. The van der Waals surface area contributed by atoms with Crippen LogP contribution in [0.15, 0.2) is 36.4 Å². The predicted molar refractivity (Wildman–Crippen MR) is 108 cm³/mol. The van der Waals surface area contributed by atoms with Crippen molar-refractivity contribution in [2.75, 3.05) is 5.32 Å². The van der Waals surface area contributed by atoms with Crippen LogP contribution in [0.4, 0.5) is 23.2 Å². The maximum Gasteiger partial charge on any atom is 0.352 e. The Balaban J connectivity index is 1.59. The number of aliphatic hydroxyl groups is 1. The summed E-state index contributed by atoms with van der Waals surface area (Å²) >= 11 is 0. The van der Waals surface area contributed by atoms with Crippen molar-refractivity contribution in [1.29, 1.82) is 5.26 Å². The lowest BCUT2D eigenvalue weighted by molar-refractivity contribution is -0.166. The third kappa shape index (κ3) is 4.16. The van der Waals surface area contributed by atoms with Crippen LogP contribution in [0.25, 0.3) is 0 Å². The number of piperidine rings is 1. The van der Waals surface area contributed by atoms with E-state index in [9.17, 15) is 23.5 Å². The van der Waals surface area contributed by atoms with Crippen molar-refractivity contribution < 1.29 is 32.3 Å². The number of alkyl halides is 2. The summed E-state index contributed by atoms with van der Waals surface area (Å²) in [5.74, 6) is -8.83. The van der Waals surface area contributed by atoms with Crippen LogP contribution in [-0.2, 0) is 10.7 Å². The predicted octanol–water partition coefficient (Wildman–Crippen LogP) is 3.69. The molecule has 2 unspecified atom stereocenters. The third-order valence-corrected chi connectivity index (χ3v) is 6.12. The van der Waals surface area contributed by atoms with Gasteiger partial charge in [0.05, 0.1) is 17.2 Å². The molecular formula is C23H19F4N3O3. The van der Waals surface area contributed by atoms with Gasteiger partial charge in [-0.05, 0) is 62.1 Å². The second kappa shape index (κ2) is 8.48. The lowest BCUT2D eigenvalue weighted by atomic mass is 9.96. The Morgan fingerprint density at radius 2 is 1.70 bits per heavy atom. The molecule has 2 bridgehead atoms. The summed E-state index contributed by atoms with van der Waals surface area (Å²) in [4.78, 5) is 26.4. The van der Waals surface area contributed by atoms with Crippen LogP contribution in [0, 0.1) is 23.0 Å². The fourth-order valence-electron chi connectivity index (χ4n) is 4.56. The molecule has 3 atom stereocenters. The van der Waals surface area contributed by atoms with Gasteiger partial charge in [0.25, 0.3) is 11.8 Å². The molecule has 2 aliphatic rings. The number of hydrogen-bond acceptors (Lipinski definition) is 4. The number of halogens is 4. The highest BCUT2D eigenvalue weighted by atomic mass is 19.3. The van der Waals surface area contributed by atoms with Crippen LogP contribution in [-0.4, -0.2) is 40.0 Å². The van der Waals surface area contributed by atoms with Gasteiger partial charge in [0.1, 0.15) is 17.7 Å². The first-order valence-electron chi connectivity index (χ1n) is 10.3. The Morgan fingerprint density at radius 1 is 1.06 bits per heavy atom. The van der Waals surface area contributed by atoms with E-state index in [4.69, 9.17) is 5.26 Å². The second-order valence-corrected chi connectivity index (χ2v) is 8.25. The molecule has 4 rings (SSSR count). The van der Waals surface area contributed by atoms with E-state index in [1.165, 1.54) is 6.07 Å². The molecule has 2 heterocycles. The minimum absolute atomic E-state index is 0.0371. The number of amides is 2. The number of nitrogens with zero attached hydrogens (tertiary/aromatic N) is 2. The highest BCUT2D eigenvalue weighted by Gasteiger charge is 2.53. The fraction of sp³-hybridized carbons (Fsp3) is 0.348. The number of carbonyl (C=O) groups excluding carboxylic acids is 2. The van der Waals surface area contributed by atoms with E-state index in [0.717, 1.165) is 23.1 Å². The summed E-state index contributed by atoms with van der Waals surface area (Å²) in [6.45, 7) is 0. The number of aliphatic hydroxyl groups excluding tert-OH is 1. The molecule has 0 saturated carbocycles. The van der Waals surface area contributed by atoms with E-state index in [1.54, 1.807) is 6.07 Å². The zero-order valence-corrected chi connectivity index (χ0v) is 17.2. The Labute approximate surface area is 186 Å². The average molecular weight is 461 g/mol. The SMILES string of the molecule is N#Cc1cc(NC(=O)c2ccc(F)c(C(F)(F)C(=O)N3C4CC[C@@H]3CC(O)C4)c2)ccc1F. The van der Waals surface area contributed by atoms with Gasteiger partial charge in [-0.2, -0.15) is 14.0 Å². The van der Waals surface area contributed by atoms with Gasteiger partial charge >= 0.3 is 5.92 Å². The summed E-state index contributed by atoms with van der Waals surface area (Å²) in [5.41, 5.74) is -1.87. The van der Waals surface area contributed by atoms with E-state index in [2.05, 4.69) is 5.32 Å². The van der Waals surface area contributed by atoms with E-state index in [0.29, 0.717) is 25.0 Å². The first-order valence-corrected chi connectivity index (χ1v) is 10.3. The fourth-order valence-corrected chi connectivity index (χ4v) is 4.56. The maximum atomic E-state index is 15.2. The van der Waals surface area contributed by atoms with Crippen LogP contribution < -0.4 is 5.32 Å². The number of fused-ring (bicyclic) bond motifs is 2. The molecule has 6 nitrogen and oxygen atoms in total. The monoisotopic (exact) mass is 461 g/mol. The molecule has 10 heteroatoms. The van der Waals surface area contributed by atoms with Crippen molar-refractivity contribution in [3.8, 4) is 6.07 Å². The lowest BCUT2D eigenvalue weighted by Gasteiger charge is -2.39. The first kappa shape index (κ1) is 22.7. The van der Waals surface area contributed by atoms with Crippen molar-refractivity contribution in [3.63, 3.8) is 0 Å². The zero-order chi connectivity index (χ0) is 23.9. The number of anilines is 1. The van der Waals surface area contributed by atoms with Gasteiger partial charge in [-0.15, -0.1) is 0 Å². The summed E-state index contributed by atoms with van der Waals surface area (Å²) in [6.07, 6.45) is 0.669. The molecule has 2 saturated heterocycles. The summed E-state index contributed by atoms with van der Waals surface area (Å²) in [7, 11) is 0. The van der Waals surface area contributed by atoms with Crippen LogP contribution in [0.5, 0.6) is 0 Å². The van der Waals surface area contributed by atoms with Crippen LogP contribution in [0.2, 0.25) is 0 Å². The minimum atomic E-state index is -4.23. The van der Waals surface area contributed by atoms with Gasteiger partial charge in [-0.1, -0.05) is 0 Å². The average Bonchev–Trinajstić information content (AvgIpc) is 3.05.